The van der Waals surface area contributed by atoms with Gasteiger partial charge in [-0.25, -0.2) is 0 Å². The van der Waals surface area contributed by atoms with Crippen LogP contribution in [-0.2, 0) is 4.79 Å². The Morgan fingerprint density at radius 2 is 1.86 bits per heavy atom. The first-order valence-corrected chi connectivity index (χ1v) is 8.94. The molecule has 3 aliphatic rings. The number of rotatable bonds is 1. The number of carbonyl (C=O) groups is 1. The highest BCUT2D eigenvalue weighted by atomic mass is 16.3. The van der Waals surface area contributed by atoms with Crippen LogP contribution in [0.3, 0.4) is 0 Å². The van der Waals surface area contributed by atoms with Crippen molar-refractivity contribution in [1.82, 2.24) is 0 Å². The molecule has 3 heteroatoms. The van der Waals surface area contributed by atoms with Gasteiger partial charge in [-0.3, -0.25) is 4.79 Å². The number of carbonyl (C=O) groups excluding carboxylic acids is 1. The van der Waals surface area contributed by atoms with E-state index in [1.165, 1.54) is 12.6 Å². The Labute approximate surface area is 134 Å². The molecule has 2 N–H and O–H groups in total. The average Bonchev–Trinajstić information content (AvgIpc) is 2.86. The van der Waals surface area contributed by atoms with E-state index in [9.17, 15) is 9.90 Å². The third-order valence-electron chi connectivity index (χ3n) is 8.15. The van der Waals surface area contributed by atoms with Crippen molar-refractivity contribution in [2.75, 3.05) is 0 Å². The summed E-state index contributed by atoms with van der Waals surface area (Å²) >= 11 is 0. The van der Waals surface area contributed by atoms with Gasteiger partial charge in [0.2, 0.25) is 0 Å². The maximum atomic E-state index is 12.8. The van der Waals surface area contributed by atoms with Gasteiger partial charge in [0.25, 0.3) is 0 Å². The molecule has 22 heavy (non-hydrogen) atoms. The molecule has 0 aromatic carbocycles. The second-order valence-electron chi connectivity index (χ2n) is 8.96. The van der Waals surface area contributed by atoms with E-state index in [1.54, 1.807) is 0 Å². The molecule has 3 nitrogen and oxygen atoms in total. The first kappa shape index (κ1) is 16.2. The molecule has 0 amide bonds. The van der Waals surface area contributed by atoms with Gasteiger partial charge in [0.05, 0.1) is 6.10 Å². The number of aliphatic hydroxyl groups excluding tert-OH is 1. The van der Waals surface area contributed by atoms with E-state index in [2.05, 4.69) is 20.8 Å². The monoisotopic (exact) mass is 305 g/mol. The third-order valence-corrected chi connectivity index (χ3v) is 8.15. The highest BCUT2D eigenvalue weighted by Gasteiger charge is 2.64. The molecule has 0 aromatic heterocycles. The van der Waals surface area contributed by atoms with E-state index in [-0.39, 0.29) is 22.7 Å². The number of nitrogens with one attached hydrogen (secondary N) is 1. The van der Waals surface area contributed by atoms with Crippen LogP contribution in [0.5, 0.6) is 0 Å². The second-order valence-corrected chi connectivity index (χ2v) is 8.96. The minimum atomic E-state index is -0.517. The Hall–Kier alpha value is -0.700. The molecule has 2 bridgehead atoms. The van der Waals surface area contributed by atoms with E-state index in [0.717, 1.165) is 25.7 Å². The molecule has 3 saturated carbocycles. The van der Waals surface area contributed by atoms with Crippen LogP contribution in [0, 0.1) is 39.4 Å². The van der Waals surface area contributed by atoms with Crippen LogP contribution in [-0.4, -0.2) is 23.2 Å². The molecule has 0 spiro atoms. The summed E-state index contributed by atoms with van der Waals surface area (Å²) in [6, 6.07) is 0. The minimum Gasteiger partial charge on any atom is -0.392 e. The summed E-state index contributed by atoms with van der Waals surface area (Å²) in [5, 5.41) is 18.9. The zero-order valence-corrected chi connectivity index (χ0v) is 14.5. The molecule has 0 heterocycles. The molecule has 3 aliphatic carbocycles. The van der Waals surface area contributed by atoms with Gasteiger partial charge in [-0.2, -0.15) is 0 Å². The van der Waals surface area contributed by atoms with Gasteiger partial charge in [-0.1, -0.05) is 27.7 Å². The van der Waals surface area contributed by atoms with Crippen molar-refractivity contribution in [3.8, 4) is 0 Å². The van der Waals surface area contributed by atoms with E-state index < -0.39 is 11.5 Å². The summed E-state index contributed by atoms with van der Waals surface area (Å²) in [5.74, 6) is 1.18. The standard InChI is InChI=1S/C19H31NO2/c1-12-5-7-19-8-6-14(21)15(19)18(12,4)10-9-17(3,11-20)16(22)13(19)2/h11-13,15-16,20,22H,5-10H2,1-4H3/t12-,13+,15+,16+,17+,18-,19+/m1/s1. The summed E-state index contributed by atoms with van der Waals surface area (Å²) in [5.41, 5.74) is -0.464. The van der Waals surface area contributed by atoms with Crippen LogP contribution < -0.4 is 0 Å². The molecule has 0 aromatic rings. The molecule has 0 unspecified atom stereocenters. The number of hydrogen-bond acceptors (Lipinski definition) is 3. The molecule has 0 radical (unpaired) electrons. The molecule has 3 rings (SSSR count). The molecule has 3 fully saturated rings. The Kier molecular flexibility index (Phi) is 3.60. The summed E-state index contributed by atoms with van der Waals surface area (Å²) in [4.78, 5) is 12.8. The first-order valence-electron chi connectivity index (χ1n) is 8.94. The smallest absolute Gasteiger partial charge is 0.137 e. The SMILES string of the molecule is C[C@@H]1CC[C@@]23CCC(=O)[C@H]2[C@]1(C)CC[C@@](C)(C=N)[C@@H](O)[C@@H]3C. The Bertz CT molecular complexity index is 504. The van der Waals surface area contributed by atoms with Crippen LogP contribution >= 0.6 is 0 Å². The minimum absolute atomic E-state index is 0.0322. The molecular formula is C19H31NO2. The van der Waals surface area contributed by atoms with Crippen LogP contribution in [0.25, 0.3) is 0 Å². The van der Waals surface area contributed by atoms with Crippen molar-refractivity contribution >= 4 is 12.0 Å². The van der Waals surface area contributed by atoms with E-state index in [4.69, 9.17) is 5.41 Å². The molecule has 7 atom stereocenters. The summed E-state index contributed by atoms with van der Waals surface area (Å²) in [6.07, 6.45) is 6.55. The zero-order valence-electron chi connectivity index (χ0n) is 14.5. The molecule has 0 saturated heterocycles. The van der Waals surface area contributed by atoms with Crippen molar-refractivity contribution in [1.29, 1.82) is 5.41 Å². The van der Waals surface area contributed by atoms with E-state index >= 15 is 0 Å². The Balaban J connectivity index is 2.15. The highest BCUT2D eigenvalue weighted by molar-refractivity contribution is 5.85. The van der Waals surface area contributed by atoms with Crippen molar-refractivity contribution in [2.24, 2.45) is 34.0 Å². The lowest BCUT2D eigenvalue weighted by Crippen LogP contribution is -2.58. The quantitative estimate of drug-likeness (QED) is 0.723. The fourth-order valence-corrected chi connectivity index (χ4v) is 6.20. The number of ketones is 1. The predicted octanol–water partition coefficient (Wildman–Crippen LogP) is 3.83. The van der Waals surface area contributed by atoms with Crippen LogP contribution in [0.2, 0.25) is 0 Å². The summed E-state index contributed by atoms with van der Waals surface area (Å²) in [7, 11) is 0. The van der Waals surface area contributed by atoms with Crippen molar-refractivity contribution in [3.63, 3.8) is 0 Å². The lowest BCUT2D eigenvalue weighted by molar-refractivity contribution is -0.156. The van der Waals surface area contributed by atoms with Crippen LogP contribution in [0.15, 0.2) is 0 Å². The van der Waals surface area contributed by atoms with Gasteiger partial charge in [0.15, 0.2) is 0 Å². The lowest BCUT2D eigenvalue weighted by Gasteiger charge is -2.59. The number of hydrogen-bond donors (Lipinski definition) is 2. The second kappa shape index (κ2) is 4.90. The Morgan fingerprint density at radius 3 is 2.50 bits per heavy atom. The van der Waals surface area contributed by atoms with E-state index in [1.807, 2.05) is 6.92 Å². The lowest BCUT2D eigenvalue weighted by atomic mass is 9.45. The Morgan fingerprint density at radius 1 is 1.18 bits per heavy atom. The van der Waals surface area contributed by atoms with Crippen molar-refractivity contribution in [2.45, 2.75) is 72.3 Å². The predicted molar refractivity (Wildman–Crippen MR) is 88.0 cm³/mol. The van der Waals surface area contributed by atoms with Gasteiger partial charge in [0, 0.05) is 24.0 Å². The molecule has 0 aliphatic heterocycles. The largest absolute Gasteiger partial charge is 0.392 e. The van der Waals surface area contributed by atoms with E-state index in [0.29, 0.717) is 18.1 Å². The fourth-order valence-electron chi connectivity index (χ4n) is 6.20. The van der Waals surface area contributed by atoms with Gasteiger partial charge in [-0.05, 0) is 54.8 Å². The molecular weight excluding hydrogens is 274 g/mol. The third kappa shape index (κ3) is 1.84. The summed E-state index contributed by atoms with van der Waals surface area (Å²) < 4.78 is 0. The van der Waals surface area contributed by atoms with Crippen LogP contribution in [0.4, 0.5) is 0 Å². The van der Waals surface area contributed by atoms with Crippen LogP contribution in [0.1, 0.15) is 66.2 Å². The average molecular weight is 305 g/mol. The van der Waals surface area contributed by atoms with Gasteiger partial charge in [0.1, 0.15) is 5.78 Å². The van der Waals surface area contributed by atoms with Gasteiger partial charge in [-0.15, -0.1) is 0 Å². The number of Topliss-reactive ketones (excluding diaryl/α,β-unsaturated/α-hetero) is 1. The van der Waals surface area contributed by atoms with Gasteiger partial charge < -0.3 is 10.5 Å². The number of aliphatic hydroxyl groups is 1. The fraction of sp³-hybridized carbons (Fsp3) is 0.895. The molecule has 124 valence electrons. The maximum Gasteiger partial charge on any atom is 0.137 e. The van der Waals surface area contributed by atoms with Gasteiger partial charge >= 0.3 is 0 Å². The topological polar surface area (TPSA) is 61.2 Å². The maximum absolute atomic E-state index is 12.8. The van der Waals surface area contributed by atoms with Crippen molar-refractivity contribution < 1.29 is 9.90 Å². The zero-order chi connectivity index (χ0) is 16.3. The highest BCUT2D eigenvalue weighted by Crippen LogP contribution is 2.67. The normalized spacial score (nSPS) is 55.2. The summed E-state index contributed by atoms with van der Waals surface area (Å²) in [6.45, 7) is 8.78. The van der Waals surface area contributed by atoms with Crippen molar-refractivity contribution in [3.05, 3.63) is 0 Å². The first-order chi connectivity index (χ1) is 10.2.